The van der Waals surface area contributed by atoms with Gasteiger partial charge in [-0.3, -0.25) is 9.78 Å². The summed E-state index contributed by atoms with van der Waals surface area (Å²) in [5.74, 6) is 0.431. The van der Waals surface area contributed by atoms with E-state index in [0.717, 1.165) is 23.7 Å². The molecule has 2 saturated heterocycles. The molecule has 7 heteroatoms. The zero-order valence-corrected chi connectivity index (χ0v) is 16.4. The second-order valence-electron chi connectivity index (χ2n) is 8.20. The number of hydrogen-bond acceptors (Lipinski definition) is 5. The average Bonchev–Trinajstić information content (AvgIpc) is 3.26. The quantitative estimate of drug-likeness (QED) is 0.738. The van der Waals surface area contributed by atoms with Crippen molar-refractivity contribution in [1.82, 2.24) is 19.4 Å². The Morgan fingerprint density at radius 1 is 1.24 bits per heavy atom. The number of carbonyl (C=O) groups excluding carboxylic acids is 1. The number of hydrogen-bond donors (Lipinski definition) is 1. The lowest BCUT2D eigenvalue weighted by molar-refractivity contribution is -0.0533. The molecule has 3 aromatic rings. The highest BCUT2D eigenvalue weighted by Gasteiger charge is 2.49. The second-order valence-corrected chi connectivity index (χ2v) is 8.20. The molecule has 0 radical (unpaired) electrons. The first-order valence-electron chi connectivity index (χ1n) is 10.0. The van der Waals surface area contributed by atoms with Crippen LogP contribution in [0, 0.1) is 0 Å². The predicted molar refractivity (Wildman–Crippen MR) is 108 cm³/mol. The largest absolute Gasteiger partial charge is 0.481 e. The zero-order valence-electron chi connectivity index (χ0n) is 16.4. The summed E-state index contributed by atoms with van der Waals surface area (Å²) >= 11 is 0. The molecule has 3 aromatic heterocycles. The van der Waals surface area contributed by atoms with Crippen LogP contribution in [0.2, 0.25) is 0 Å². The molecule has 0 saturated carbocycles. The van der Waals surface area contributed by atoms with Gasteiger partial charge in [0.05, 0.1) is 31.0 Å². The summed E-state index contributed by atoms with van der Waals surface area (Å²) in [5.41, 5.74) is 0.776. The van der Waals surface area contributed by atoms with Crippen LogP contribution in [0.1, 0.15) is 36.0 Å². The number of nitrogens with zero attached hydrogens (tertiary/aromatic N) is 4. The van der Waals surface area contributed by atoms with Gasteiger partial charge in [0.15, 0.2) is 0 Å². The number of aliphatic hydroxyl groups is 1. The molecule has 5 rings (SSSR count). The van der Waals surface area contributed by atoms with Crippen molar-refractivity contribution in [3.05, 3.63) is 54.6 Å². The molecule has 2 aliphatic heterocycles. The number of ether oxygens (including phenoxy) is 1. The van der Waals surface area contributed by atoms with Crippen molar-refractivity contribution in [2.45, 2.75) is 49.9 Å². The van der Waals surface area contributed by atoms with Crippen molar-refractivity contribution in [3.63, 3.8) is 0 Å². The summed E-state index contributed by atoms with van der Waals surface area (Å²) in [7, 11) is 1.54. The number of piperidine rings is 1. The van der Waals surface area contributed by atoms with Crippen LogP contribution in [0.15, 0.2) is 49.1 Å². The Morgan fingerprint density at radius 2 is 2.03 bits per heavy atom. The van der Waals surface area contributed by atoms with Gasteiger partial charge in [-0.1, -0.05) is 0 Å². The zero-order chi connectivity index (χ0) is 20.0. The fourth-order valence-corrected chi connectivity index (χ4v) is 5.07. The molecule has 0 spiro atoms. The number of rotatable bonds is 4. The Kier molecular flexibility index (Phi) is 4.28. The summed E-state index contributed by atoms with van der Waals surface area (Å²) in [6, 6.07) is 7.52. The van der Waals surface area contributed by atoms with Gasteiger partial charge in [-0.25, -0.2) is 4.98 Å². The number of carbonyl (C=O) groups is 1. The third kappa shape index (κ3) is 3.15. The van der Waals surface area contributed by atoms with E-state index in [4.69, 9.17) is 4.74 Å². The molecule has 7 nitrogen and oxygen atoms in total. The second kappa shape index (κ2) is 6.84. The monoisotopic (exact) mass is 392 g/mol. The minimum Gasteiger partial charge on any atom is -0.481 e. The van der Waals surface area contributed by atoms with E-state index >= 15 is 0 Å². The number of fused-ring (bicyclic) bond motifs is 3. The third-order valence-corrected chi connectivity index (χ3v) is 6.32. The van der Waals surface area contributed by atoms with Crippen molar-refractivity contribution in [3.8, 4) is 5.88 Å². The van der Waals surface area contributed by atoms with Crippen LogP contribution >= 0.6 is 0 Å². The van der Waals surface area contributed by atoms with Gasteiger partial charge in [0.2, 0.25) is 5.88 Å². The van der Waals surface area contributed by atoms with Gasteiger partial charge in [0, 0.05) is 47.7 Å². The number of amides is 1. The van der Waals surface area contributed by atoms with E-state index in [1.54, 1.807) is 31.6 Å². The van der Waals surface area contributed by atoms with E-state index in [-0.39, 0.29) is 18.0 Å². The lowest BCUT2D eigenvalue weighted by Crippen LogP contribution is -2.54. The number of pyridine rings is 2. The van der Waals surface area contributed by atoms with Crippen LogP contribution in [-0.4, -0.2) is 55.2 Å². The molecular weight excluding hydrogens is 368 g/mol. The fourth-order valence-electron chi connectivity index (χ4n) is 5.07. The van der Waals surface area contributed by atoms with Crippen LogP contribution in [0.25, 0.3) is 10.9 Å². The number of aromatic nitrogens is 3. The highest BCUT2D eigenvalue weighted by atomic mass is 16.5. The molecule has 150 valence electrons. The molecule has 2 bridgehead atoms. The van der Waals surface area contributed by atoms with E-state index in [0.29, 0.717) is 30.8 Å². The van der Waals surface area contributed by atoms with Crippen molar-refractivity contribution in [2.75, 3.05) is 7.11 Å². The smallest absolute Gasteiger partial charge is 0.254 e. The Bertz CT molecular complexity index is 1050. The summed E-state index contributed by atoms with van der Waals surface area (Å²) < 4.78 is 7.24. The molecule has 5 heterocycles. The van der Waals surface area contributed by atoms with E-state index in [1.807, 2.05) is 29.4 Å². The van der Waals surface area contributed by atoms with Crippen molar-refractivity contribution in [1.29, 1.82) is 0 Å². The molecule has 2 fully saturated rings. The Balaban J connectivity index is 1.37. The van der Waals surface area contributed by atoms with E-state index in [2.05, 4.69) is 14.5 Å². The highest BCUT2D eigenvalue weighted by molar-refractivity contribution is 5.95. The molecular formula is C22H24N4O3. The average molecular weight is 392 g/mol. The van der Waals surface area contributed by atoms with Crippen molar-refractivity contribution >= 4 is 16.8 Å². The standard InChI is InChI=1S/C22H24N4O3/c1-29-20-10-16(5-8-24-20)21(27)26-17-2-3-18(26)12-22(28,11-17)14-25-9-6-15-4-7-23-13-19(15)25/h4-10,13,17-18,28H,2-3,11-12,14H2,1H3. The van der Waals surface area contributed by atoms with Gasteiger partial charge in [-0.15, -0.1) is 0 Å². The van der Waals surface area contributed by atoms with Crippen LogP contribution in [0.3, 0.4) is 0 Å². The Hall–Kier alpha value is -2.93. The maximum Gasteiger partial charge on any atom is 0.254 e. The molecule has 1 amide bonds. The van der Waals surface area contributed by atoms with Crippen LogP contribution in [0.5, 0.6) is 5.88 Å². The van der Waals surface area contributed by atoms with E-state index in [9.17, 15) is 9.90 Å². The van der Waals surface area contributed by atoms with Gasteiger partial charge >= 0.3 is 0 Å². The SMILES string of the molecule is COc1cc(C(=O)N2C3CCC2CC(O)(Cn2ccc4ccncc42)C3)ccn1. The lowest BCUT2D eigenvalue weighted by Gasteiger charge is -2.44. The lowest BCUT2D eigenvalue weighted by atomic mass is 9.85. The first kappa shape index (κ1) is 18.1. The van der Waals surface area contributed by atoms with Gasteiger partial charge < -0.3 is 19.3 Å². The minimum atomic E-state index is -0.833. The van der Waals surface area contributed by atoms with E-state index in [1.165, 1.54) is 0 Å². The summed E-state index contributed by atoms with van der Waals surface area (Å²) in [4.78, 5) is 23.5. The third-order valence-electron chi connectivity index (χ3n) is 6.32. The summed E-state index contributed by atoms with van der Waals surface area (Å²) in [6.07, 6.45) is 10.2. The van der Waals surface area contributed by atoms with Gasteiger partial charge in [0.25, 0.3) is 5.91 Å². The first-order chi connectivity index (χ1) is 14.1. The van der Waals surface area contributed by atoms with Crippen molar-refractivity contribution in [2.24, 2.45) is 0 Å². The molecule has 2 aliphatic rings. The summed E-state index contributed by atoms with van der Waals surface area (Å²) in [5, 5.41) is 12.5. The van der Waals surface area contributed by atoms with E-state index < -0.39 is 5.60 Å². The van der Waals surface area contributed by atoms with Gasteiger partial charge in [-0.05, 0) is 43.9 Å². The fraction of sp³-hybridized carbons (Fsp3) is 0.409. The van der Waals surface area contributed by atoms with Crippen LogP contribution in [-0.2, 0) is 6.54 Å². The number of methoxy groups -OCH3 is 1. The van der Waals surface area contributed by atoms with Crippen LogP contribution < -0.4 is 4.74 Å². The molecule has 1 N–H and O–H groups in total. The molecule has 0 aromatic carbocycles. The summed E-state index contributed by atoms with van der Waals surface area (Å²) in [6.45, 7) is 0.514. The minimum absolute atomic E-state index is 0.00383. The highest BCUT2D eigenvalue weighted by Crippen LogP contribution is 2.42. The Morgan fingerprint density at radius 3 is 2.79 bits per heavy atom. The van der Waals surface area contributed by atoms with Crippen LogP contribution in [0.4, 0.5) is 0 Å². The normalized spacial score (nSPS) is 26.1. The van der Waals surface area contributed by atoms with Gasteiger partial charge in [0.1, 0.15) is 0 Å². The van der Waals surface area contributed by atoms with Crippen molar-refractivity contribution < 1.29 is 14.6 Å². The molecule has 2 unspecified atom stereocenters. The molecule has 0 aliphatic carbocycles. The molecule has 29 heavy (non-hydrogen) atoms. The predicted octanol–water partition coefficient (Wildman–Crippen LogP) is 2.64. The van der Waals surface area contributed by atoms with Gasteiger partial charge in [-0.2, -0.15) is 0 Å². The Labute approximate surface area is 168 Å². The molecule has 2 atom stereocenters. The maximum absolute atomic E-state index is 13.2. The first-order valence-corrected chi connectivity index (χ1v) is 10.0. The topological polar surface area (TPSA) is 80.5 Å². The maximum atomic E-state index is 13.2.